The van der Waals surface area contributed by atoms with E-state index in [-0.39, 0.29) is 5.82 Å². The van der Waals surface area contributed by atoms with E-state index in [4.69, 9.17) is 26.8 Å². The highest BCUT2D eigenvalue weighted by atomic mass is 35.5. The van der Waals surface area contributed by atoms with Gasteiger partial charge in [-0.3, -0.25) is 9.36 Å². The highest BCUT2D eigenvalue weighted by Gasteiger charge is 2.58. The molecule has 0 aromatic carbocycles. The number of halogens is 2. The van der Waals surface area contributed by atoms with Crippen molar-refractivity contribution in [3.05, 3.63) is 22.7 Å². The zero-order chi connectivity index (χ0) is 17.4. The number of rotatable bonds is 4. The average molecular weight is 350 g/mol. The lowest BCUT2D eigenvalue weighted by atomic mass is 10.1. The van der Waals surface area contributed by atoms with Crippen LogP contribution in [-0.4, -0.2) is 44.6 Å². The summed E-state index contributed by atoms with van der Waals surface area (Å²) in [5, 5.41) is 7.40. The number of carbonyl (C=O) groups is 1. The van der Waals surface area contributed by atoms with E-state index in [1.54, 1.807) is 13.8 Å². The van der Waals surface area contributed by atoms with Crippen molar-refractivity contribution in [1.82, 2.24) is 9.55 Å². The first kappa shape index (κ1) is 17.6. The fourth-order valence-corrected chi connectivity index (χ4v) is 2.35. The Morgan fingerprint density at radius 2 is 2.35 bits per heavy atom. The van der Waals surface area contributed by atoms with Crippen LogP contribution in [0.4, 0.5) is 10.2 Å². The third kappa shape index (κ3) is 3.31. The molecule has 0 aliphatic carbocycles. The summed E-state index contributed by atoms with van der Waals surface area (Å²) in [4.78, 5) is 27.0. The minimum absolute atomic E-state index is 0.0401. The first-order valence-electron chi connectivity index (χ1n) is 6.86. The van der Waals surface area contributed by atoms with E-state index in [0.717, 1.165) is 4.57 Å². The first-order valence-corrected chi connectivity index (χ1v) is 7.24. The second-order valence-corrected chi connectivity index (χ2v) is 6.09. The third-order valence-electron chi connectivity index (χ3n) is 3.36. The molecule has 128 valence electrons. The van der Waals surface area contributed by atoms with Crippen LogP contribution >= 0.6 is 11.6 Å². The van der Waals surface area contributed by atoms with Crippen LogP contribution in [0.25, 0.3) is 0 Å². The van der Waals surface area contributed by atoms with Crippen LogP contribution < -0.4 is 11.4 Å². The van der Waals surface area contributed by atoms with Crippen molar-refractivity contribution in [3.8, 4) is 0 Å². The molecule has 1 aromatic heterocycles. The minimum atomic E-state index is -2.00. The van der Waals surface area contributed by atoms with Gasteiger partial charge in [0.05, 0.1) is 12.5 Å². The van der Waals surface area contributed by atoms with Gasteiger partial charge in [0.25, 0.3) is 0 Å². The van der Waals surface area contributed by atoms with Crippen LogP contribution in [-0.2, 0) is 14.3 Å². The zero-order valence-corrected chi connectivity index (χ0v) is 13.2. The number of ether oxygens (including phenoxy) is 2. The van der Waals surface area contributed by atoms with E-state index in [2.05, 4.69) is 4.98 Å². The van der Waals surface area contributed by atoms with Gasteiger partial charge < -0.3 is 20.3 Å². The van der Waals surface area contributed by atoms with E-state index in [1.165, 1.54) is 12.3 Å². The maximum absolute atomic E-state index is 14.7. The molecule has 0 bridgehead atoms. The highest BCUT2D eigenvalue weighted by molar-refractivity contribution is 6.23. The number of hydrogen-bond donors (Lipinski definition) is 2. The van der Waals surface area contributed by atoms with Crippen molar-refractivity contribution in [2.75, 3.05) is 12.3 Å². The first-order chi connectivity index (χ1) is 10.7. The van der Waals surface area contributed by atoms with E-state index in [9.17, 15) is 19.1 Å². The lowest BCUT2D eigenvalue weighted by Crippen LogP contribution is -2.44. The Kier molecular flexibility index (Phi) is 4.92. The number of nitrogens with zero attached hydrogens (tertiary/aromatic N) is 2. The molecule has 2 rings (SSSR count). The lowest BCUT2D eigenvalue weighted by Gasteiger charge is -2.26. The molecule has 0 radical (unpaired) electrons. The van der Waals surface area contributed by atoms with E-state index in [0.29, 0.717) is 0 Å². The lowest BCUT2D eigenvalue weighted by molar-refractivity contribution is -0.161. The van der Waals surface area contributed by atoms with Gasteiger partial charge in [-0.2, -0.15) is 4.98 Å². The van der Waals surface area contributed by atoms with Crippen LogP contribution in [0.2, 0.25) is 0 Å². The summed E-state index contributed by atoms with van der Waals surface area (Å²) in [6, 6.07) is 1.28. The van der Waals surface area contributed by atoms with Crippen LogP contribution in [0.3, 0.4) is 0 Å². The normalized spacial score (nSPS) is 30.6. The number of carbonyl (C=O) groups excluding carboxylic acids is 1. The van der Waals surface area contributed by atoms with Crippen LogP contribution in [0.5, 0.6) is 0 Å². The predicted octanol–water partition coefficient (Wildman–Crippen LogP) is 0.188. The Morgan fingerprint density at radius 1 is 1.70 bits per heavy atom. The number of aliphatic hydroxyl groups excluding tert-OH is 1. The highest BCUT2D eigenvalue weighted by Crippen LogP contribution is 2.43. The molecular weight excluding hydrogens is 333 g/mol. The van der Waals surface area contributed by atoms with Crippen molar-refractivity contribution in [2.24, 2.45) is 5.92 Å². The second-order valence-electron chi connectivity index (χ2n) is 5.45. The van der Waals surface area contributed by atoms with Crippen LogP contribution in [0.15, 0.2) is 17.1 Å². The number of hydrogen-bond acceptors (Lipinski definition) is 7. The number of alkyl halides is 2. The summed E-state index contributed by atoms with van der Waals surface area (Å²) in [5.41, 5.74) is 4.52. The van der Waals surface area contributed by atoms with E-state index < -0.39 is 47.7 Å². The maximum atomic E-state index is 14.7. The molecule has 1 fully saturated rings. The number of nitrogen functional groups attached to an aromatic ring is 1. The molecule has 2 heterocycles. The van der Waals surface area contributed by atoms with Crippen molar-refractivity contribution in [1.29, 1.82) is 0 Å². The fraction of sp³-hybridized carbons (Fsp3) is 0.615. The molecular formula is C13H17ClFN3O5. The molecule has 23 heavy (non-hydrogen) atoms. The molecule has 0 unspecified atom stereocenters. The second kappa shape index (κ2) is 6.42. The van der Waals surface area contributed by atoms with Crippen molar-refractivity contribution in [2.45, 2.75) is 37.4 Å². The van der Waals surface area contributed by atoms with Gasteiger partial charge in [0.15, 0.2) is 18.5 Å². The van der Waals surface area contributed by atoms with Gasteiger partial charge in [-0.1, -0.05) is 25.4 Å². The van der Waals surface area contributed by atoms with Gasteiger partial charge >= 0.3 is 11.7 Å². The van der Waals surface area contributed by atoms with Crippen LogP contribution in [0, 0.1) is 5.92 Å². The molecule has 0 saturated carbocycles. The number of anilines is 1. The zero-order valence-electron chi connectivity index (χ0n) is 12.5. The van der Waals surface area contributed by atoms with Gasteiger partial charge in [-0.05, 0) is 6.07 Å². The minimum Gasteiger partial charge on any atom is -0.454 e. The molecule has 8 nitrogen and oxygen atoms in total. The van der Waals surface area contributed by atoms with Gasteiger partial charge in [-0.15, -0.1) is 0 Å². The summed E-state index contributed by atoms with van der Waals surface area (Å²) < 4.78 is 25.8. The Balaban J connectivity index is 2.34. The third-order valence-corrected chi connectivity index (χ3v) is 3.78. The molecule has 1 aliphatic heterocycles. The monoisotopic (exact) mass is 349 g/mol. The fourth-order valence-electron chi connectivity index (χ4n) is 2.09. The molecule has 4 atom stereocenters. The molecule has 10 heteroatoms. The summed E-state index contributed by atoms with van der Waals surface area (Å²) in [6.45, 7) is 2.30. The SMILES string of the molecule is CC(C)C(=O)O[C@H]1[C@@H](F)[C@H](n2ccc(N)nc2=O)O[C@]1(Cl)CO. The van der Waals surface area contributed by atoms with Gasteiger partial charge in [-0.25, -0.2) is 9.18 Å². The van der Waals surface area contributed by atoms with E-state index in [1.807, 2.05) is 0 Å². The average Bonchev–Trinajstić information content (AvgIpc) is 2.72. The Morgan fingerprint density at radius 3 is 2.87 bits per heavy atom. The molecule has 1 aliphatic rings. The summed E-state index contributed by atoms with van der Waals surface area (Å²) in [5.74, 6) is -1.27. The molecule has 1 saturated heterocycles. The predicted molar refractivity (Wildman–Crippen MR) is 78.3 cm³/mol. The topological polar surface area (TPSA) is 117 Å². The number of aliphatic hydroxyl groups is 1. The van der Waals surface area contributed by atoms with Crippen molar-refractivity contribution in [3.63, 3.8) is 0 Å². The largest absolute Gasteiger partial charge is 0.454 e. The standard InChI is InChI=1S/C13H17ClFN3O5/c1-6(2)11(20)22-9-8(15)10(23-13(9,14)5-19)18-4-3-7(16)17-12(18)21/h3-4,6,8-10,19H,5H2,1-2H3,(H2,16,17,21)/t8-,9+,10-,13-/m1/s1. The Bertz CT molecular complexity index is 655. The van der Waals surface area contributed by atoms with Crippen molar-refractivity contribution < 1.29 is 23.8 Å². The maximum Gasteiger partial charge on any atom is 0.351 e. The number of nitrogens with two attached hydrogens (primary N) is 1. The summed E-state index contributed by atoms with van der Waals surface area (Å²) in [7, 11) is 0. The van der Waals surface area contributed by atoms with Crippen molar-refractivity contribution >= 4 is 23.4 Å². The smallest absolute Gasteiger partial charge is 0.351 e. The summed E-state index contributed by atoms with van der Waals surface area (Å²) in [6.07, 6.45) is -3.89. The quantitative estimate of drug-likeness (QED) is 0.588. The molecule has 1 aromatic rings. The molecule has 0 amide bonds. The van der Waals surface area contributed by atoms with Gasteiger partial charge in [0.2, 0.25) is 5.06 Å². The number of esters is 1. The molecule has 3 N–H and O–H groups in total. The molecule has 0 spiro atoms. The number of aromatic nitrogens is 2. The van der Waals surface area contributed by atoms with Gasteiger partial charge in [0, 0.05) is 6.20 Å². The van der Waals surface area contributed by atoms with Gasteiger partial charge in [0.1, 0.15) is 5.82 Å². The Labute approximate surface area is 136 Å². The Hall–Kier alpha value is -1.71. The van der Waals surface area contributed by atoms with E-state index >= 15 is 0 Å². The van der Waals surface area contributed by atoms with Crippen LogP contribution in [0.1, 0.15) is 20.1 Å². The summed E-state index contributed by atoms with van der Waals surface area (Å²) >= 11 is 6.04.